The summed E-state index contributed by atoms with van der Waals surface area (Å²) in [6.07, 6.45) is 0. The van der Waals surface area contributed by atoms with Gasteiger partial charge in [-0.1, -0.05) is 81.4 Å². The normalized spacial score (nSPS) is 12.2. The fraction of sp³-hybridized carbons (Fsp3) is 0.600. The number of halogens is 1. The molecular formula is C30H47FO7Si. The van der Waals surface area contributed by atoms with E-state index in [1.54, 1.807) is 0 Å². The van der Waals surface area contributed by atoms with E-state index in [9.17, 15) is 4.39 Å². The third kappa shape index (κ3) is 12.6. The van der Waals surface area contributed by atoms with Crippen molar-refractivity contribution in [3.8, 4) is 0 Å². The molecule has 0 aliphatic carbocycles. The minimum atomic E-state index is -2.52. The van der Waals surface area contributed by atoms with Crippen LogP contribution >= 0.6 is 0 Å². The van der Waals surface area contributed by atoms with Gasteiger partial charge in [0.15, 0.2) is 0 Å². The molecule has 0 amide bonds. The number of ether oxygens (including phenoxy) is 6. The first kappa shape index (κ1) is 33.5. The fourth-order valence-electron chi connectivity index (χ4n) is 4.27. The van der Waals surface area contributed by atoms with Crippen molar-refractivity contribution in [2.24, 2.45) is 0 Å². The standard InChI is InChI=1S/C30H47FO7Si/c1-30(2,3)39(28-10-6-4-7-11-28,29-12-8-5-9-13-29)38-27-26-37-25-24-36-23-22-35-21-20-34-19-18-33-17-16-32-15-14-31/h4-13H,14-27H2,1-3H3. The molecule has 2 rings (SSSR count). The van der Waals surface area contributed by atoms with Crippen LogP contribution in [0.2, 0.25) is 5.04 Å². The van der Waals surface area contributed by atoms with Crippen LogP contribution in [0.1, 0.15) is 20.8 Å². The second-order valence-electron chi connectivity index (χ2n) is 9.87. The molecule has 0 spiro atoms. The van der Waals surface area contributed by atoms with Crippen molar-refractivity contribution in [2.75, 3.05) is 92.6 Å². The zero-order valence-electron chi connectivity index (χ0n) is 23.9. The second-order valence-corrected chi connectivity index (χ2v) is 14.2. The van der Waals surface area contributed by atoms with Gasteiger partial charge in [0.2, 0.25) is 0 Å². The zero-order valence-corrected chi connectivity index (χ0v) is 24.9. The molecule has 0 fully saturated rings. The average molecular weight is 567 g/mol. The van der Waals surface area contributed by atoms with Crippen LogP contribution < -0.4 is 10.4 Å². The quantitative estimate of drug-likeness (QED) is 0.150. The highest BCUT2D eigenvalue weighted by Gasteiger charge is 2.49. The Balaban J connectivity index is 1.55. The van der Waals surface area contributed by atoms with Gasteiger partial charge in [-0.3, -0.25) is 0 Å². The highest BCUT2D eigenvalue weighted by molar-refractivity contribution is 6.99. The molecule has 7 nitrogen and oxygen atoms in total. The molecule has 0 aliphatic rings. The summed E-state index contributed by atoms with van der Waals surface area (Å²) in [5.41, 5.74) is 0. The van der Waals surface area contributed by atoms with Crippen LogP contribution in [-0.4, -0.2) is 101 Å². The topological polar surface area (TPSA) is 64.6 Å². The number of alkyl halides is 1. The summed E-state index contributed by atoms with van der Waals surface area (Å²) in [5, 5.41) is 2.48. The van der Waals surface area contributed by atoms with Gasteiger partial charge >= 0.3 is 0 Å². The monoisotopic (exact) mass is 566 g/mol. The number of rotatable bonds is 23. The zero-order chi connectivity index (χ0) is 28.1. The molecule has 39 heavy (non-hydrogen) atoms. The second kappa shape index (κ2) is 20.2. The van der Waals surface area contributed by atoms with Crippen LogP contribution in [0.3, 0.4) is 0 Å². The third-order valence-electron chi connectivity index (χ3n) is 6.04. The Kier molecular flexibility index (Phi) is 17.4. The van der Waals surface area contributed by atoms with E-state index in [1.165, 1.54) is 10.4 Å². The maximum absolute atomic E-state index is 11.9. The predicted octanol–water partition coefficient (Wildman–Crippen LogP) is 3.63. The van der Waals surface area contributed by atoms with Gasteiger partial charge in [-0.15, -0.1) is 0 Å². The number of benzene rings is 2. The van der Waals surface area contributed by atoms with E-state index in [4.69, 9.17) is 32.8 Å². The Morgan fingerprint density at radius 1 is 0.487 bits per heavy atom. The van der Waals surface area contributed by atoms with E-state index in [0.29, 0.717) is 79.3 Å². The Labute approximate surface area is 235 Å². The summed E-state index contributed by atoms with van der Waals surface area (Å²) in [5.74, 6) is 0. The van der Waals surface area contributed by atoms with Crippen LogP contribution in [0.15, 0.2) is 60.7 Å². The smallest absolute Gasteiger partial charge is 0.261 e. The van der Waals surface area contributed by atoms with E-state index in [1.807, 2.05) is 12.1 Å². The van der Waals surface area contributed by atoms with Crippen molar-refractivity contribution in [3.63, 3.8) is 0 Å². The molecule has 0 unspecified atom stereocenters. The largest absolute Gasteiger partial charge is 0.405 e. The lowest BCUT2D eigenvalue weighted by Gasteiger charge is -2.43. The molecule has 0 aromatic heterocycles. The van der Waals surface area contributed by atoms with Gasteiger partial charge in [0.1, 0.15) is 6.67 Å². The molecule has 2 aromatic carbocycles. The van der Waals surface area contributed by atoms with Crippen molar-refractivity contribution in [1.29, 1.82) is 0 Å². The first-order valence-electron chi connectivity index (χ1n) is 13.8. The Hall–Kier alpha value is -1.69. The van der Waals surface area contributed by atoms with Crippen LogP contribution in [0.25, 0.3) is 0 Å². The van der Waals surface area contributed by atoms with Crippen LogP contribution in [0.5, 0.6) is 0 Å². The van der Waals surface area contributed by atoms with Gasteiger partial charge in [-0.05, 0) is 15.4 Å². The molecule has 0 atom stereocenters. The van der Waals surface area contributed by atoms with Crippen molar-refractivity contribution in [3.05, 3.63) is 60.7 Å². The highest BCUT2D eigenvalue weighted by Crippen LogP contribution is 2.36. The van der Waals surface area contributed by atoms with E-state index in [0.717, 1.165) is 0 Å². The van der Waals surface area contributed by atoms with E-state index in [-0.39, 0.29) is 11.6 Å². The maximum Gasteiger partial charge on any atom is 0.261 e. The molecule has 0 radical (unpaired) electrons. The van der Waals surface area contributed by atoms with Gasteiger partial charge in [0.25, 0.3) is 8.32 Å². The Bertz CT molecular complexity index is 797. The van der Waals surface area contributed by atoms with Crippen LogP contribution in [-0.2, 0) is 32.8 Å². The lowest BCUT2D eigenvalue weighted by molar-refractivity contribution is -0.0183. The van der Waals surface area contributed by atoms with E-state index < -0.39 is 15.0 Å². The molecule has 0 saturated heterocycles. The van der Waals surface area contributed by atoms with Gasteiger partial charge in [0.05, 0.1) is 85.9 Å². The minimum absolute atomic E-state index is 0.0511. The molecule has 0 aliphatic heterocycles. The summed E-state index contributed by atoms with van der Waals surface area (Å²) in [6, 6.07) is 21.2. The van der Waals surface area contributed by atoms with Crippen LogP contribution in [0.4, 0.5) is 4.39 Å². The average Bonchev–Trinajstić information content (AvgIpc) is 2.94. The summed E-state index contributed by atoms with van der Waals surface area (Å²) in [6.45, 7) is 12.3. The summed E-state index contributed by atoms with van der Waals surface area (Å²) < 4.78 is 51.3. The predicted molar refractivity (Wildman–Crippen MR) is 154 cm³/mol. The minimum Gasteiger partial charge on any atom is -0.405 e. The molecule has 2 aromatic rings. The first-order valence-corrected chi connectivity index (χ1v) is 15.7. The van der Waals surface area contributed by atoms with Gasteiger partial charge in [-0.25, -0.2) is 4.39 Å². The summed E-state index contributed by atoms with van der Waals surface area (Å²) >= 11 is 0. The number of hydrogen-bond acceptors (Lipinski definition) is 7. The van der Waals surface area contributed by atoms with Crippen molar-refractivity contribution in [1.82, 2.24) is 0 Å². The SMILES string of the molecule is CC(C)(C)[Si](OCCOCCOCCOCCOCCOCCOCCF)(c1ccccc1)c1ccccc1. The molecule has 0 heterocycles. The fourth-order valence-corrected chi connectivity index (χ4v) is 8.82. The molecule has 0 N–H and O–H groups in total. The first-order chi connectivity index (χ1) is 19.0. The van der Waals surface area contributed by atoms with Crippen molar-refractivity contribution < 1.29 is 37.2 Å². The van der Waals surface area contributed by atoms with Gasteiger partial charge in [0, 0.05) is 0 Å². The molecular weight excluding hydrogens is 519 g/mol. The van der Waals surface area contributed by atoms with E-state index >= 15 is 0 Å². The van der Waals surface area contributed by atoms with Gasteiger partial charge in [-0.2, -0.15) is 0 Å². The summed E-state index contributed by atoms with van der Waals surface area (Å²) in [4.78, 5) is 0. The summed E-state index contributed by atoms with van der Waals surface area (Å²) in [7, 11) is -2.52. The lowest BCUT2D eigenvalue weighted by atomic mass is 10.2. The molecule has 9 heteroatoms. The molecule has 0 bridgehead atoms. The Morgan fingerprint density at radius 2 is 0.795 bits per heavy atom. The third-order valence-corrected chi connectivity index (χ3v) is 11.1. The van der Waals surface area contributed by atoms with Crippen LogP contribution in [0, 0.1) is 0 Å². The highest BCUT2D eigenvalue weighted by atomic mass is 28.4. The lowest BCUT2D eigenvalue weighted by Crippen LogP contribution is -2.66. The maximum atomic E-state index is 11.9. The molecule has 0 saturated carbocycles. The Morgan fingerprint density at radius 3 is 1.10 bits per heavy atom. The van der Waals surface area contributed by atoms with Crippen molar-refractivity contribution >= 4 is 18.7 Å². The van der Waals surface area contributed by atoms with Crippen molar-refractivity contribution in [2.45, 2.75) is 25.8 Å². The van der Waals surface area contributed by atoms with Gasteiger partial charge < -0.3 is 32.8 Å². The molecule has 220 valence electrons. The van der Waals surface area contributed by atoms with E-state index in [2.05, 4.69) is 69.3 Å². The number of hydrogen-bond donors (Lipinski definition) is 0.